The minimum atomic E-state index is -0.0648. The monoisotopic (exact) mass is 202 g/mol. The molecule has 0 radical (unpaired) electrons. The number of thiol groups is 1. The Morgan fingerprint density at radius 1 is 1.62 bits per heavy atom. The lowest BCUT2D eigenvalue weighted by Gasteiger charge is -2.18. The van der Waals surface area contributed by atoms with Crippen molar-refractivity contribution in [2.45, 2.75) is 12.8 Å². The van der Waals surface area contributed by atoms with Gasteiger partial charge in [0.2, 0.25) is 11.8 Å². The molecule has 74 valence electrons. The van der Waals surface area contributed by atoms with E-state index < -0.39 is 0 Å². The summed E-state index contributed by atoms with van der Waals surface area (Å²) in [5.41, 5.74) is 0. The summed E-state index contributed by atoms with van der Waals surface area (Å²) in [5, 5.41) is 2.72. The van der Waals surface area contributed by atoms with Gasteiger partial charge in [-0.15, -0.1) is 0 Å². The van der Waals surface area contributed by atoms with E-state index >= 15 is 0 Å². The van der Waals surface area contributed by atoms with Gasteiger partial charge in [0.25, 0.3) is 0 Å². The Labute approximate surface area is 83.1 Å². The molecule has 0 spiro atoms. The van der Waals surface area contributed by atoms with E-state index in [2.05, 4.69) is 17.9 Å². The number of carbonyl (C=O) groups excluding carboxylic acids is 2. The first-order valence-corrected chi connectivity index (χ1v) is 5.02. The van der Waals surface area contributed by atoms with Crippen LogP contribution >= 0.6 is 12.6 Å². The van der Waals surface area contributed by atoms with Gasteiger partial charge in [0.05, 0.1) is 6.54 Å². The van der Waals surface area contributed by atoms with Crippen molar-refractivity contribution < 1.29 is 9.59 Å². The molecule has 0 unspecified atom stereocenters. The molecule has 1 saturated heterocycles. The van der Waals surface area contributed by atoms with Crippen molar-refractivity contribution in [2.75, 3.05) is 25.4 Å². The summed E-state index contributed by atoms with van der Waals surface area (Å²) < 4.78 is 0. The van der Waals surface area contributed by atoms with Crippen molar-refractivity contribution in [3.05, 3.63) is 0 Å². The third-order valence-corrected chi connectivity index (χ3v) is 2.16. The van der Waals surface area contributed by atoms with Gasteiger partial charge in [-0.3, -0.25) is 9.59 Å². The Morgan fingerprint density at radius 2 is 2.38 bits per heavy atom. The van der Waals surface area contributed by atoms with E-state index in [1.807, 2.05) is 0 Å². The summed E-state index contributed by atoms with van der Waals surface area (Å²) in [6.45, 7) is 1.54. The van der Waals surface area contributed by atoms with Gasteiger partial charge in [-0.25, -0.2) is 0 Å². The summed E-state index contributed by atoms with van der Waals surface area (Å²) in [6.07, 6.45) is 1.25. The minimum absolute atomic E-state index is 0.0204. The molecule has 1 aliphatic heterocycles. The van der Waals surface area contributed by atoms with Crippen LogP contribution < -0.4 is 5.32 Å². The van der Waals surface area contributed by atoms with Gasteiger partial charge in [0.15, 0.2) is 0 Å². The van der Waals surface area contributed by atoms with Crippen LogP contribution in [0.2, 0.25) is 0 Å². The zero-order valence-corrected chi connectivity index (χ0v) is 8.35. The van der Waals surface area contributed by atoms with E-state index in [-0.39, 0.29) is 18.4 Å². The second kappa shape index (κ2) is 5.11. The van der Waals surface area contributed by atoms with E-state index in [0.717, 1.165) is 6.42 Å². The Balaban J connectivity index is 2.47. The first-order chi connectivity index (χ1) is 6.24. The van der Waals surface area contributed by atoms with E-state index in [1.54, 1.807) is 4.90 Å². The number of carbonyl (C=O) groups is 2. The lowest BCUT2D eigenvalue weighted by Crippen LogP contribution is -2.37. The molecule has 1 N–H and O–H groups in total. The summed E-state index contributed by atoms with van der Waals surface area (Å²) in [7, 11) is 0. The minimum Gasteiger partial charge on any atom is -0.354 e. The summed E-state index contributed by atoms with van der Waals surface area (Å²) >= 11 is 3.98. The number of amides is 2. The fourth-order valence-electron chi connectivity index (χ4n) is 1.27. The second-order valence-electron chi connectivity index (χ2n) is 2.99. The van der Waals surface area contributed by atoms with Crippen molar-refractivity contribution in [3.63, 3.8) is 0 Å². The molecule has 13 heavy (non-hydrogen) atoms. The van der Waals surface area contributed by atoms with E-state index in [0.29, 0.717) is 25.3 Å². The van der Waals surface area contributed by atoms with Crippen LogP contribution in [0, 0.1) is 0 Å². The molecular weight excluding hydrogens is 188 g/mol. The Hall–Kier alpha value is -0.710. The lowest BCUT2D eigenvalue weighted by molar-refractivity contribution is -0.134. The number of nitrogens with zero attached hydrogens (tertiary/aromatic N) is 1. The van der Waals surface area contributed by atoms with Crippen LogP contribution in [0.3, 0.4) is 0 Å². The van der Waals surface area contributed by atoms with Crippen LogP contribution in [0.5, 0.6) is 0 Å². The molecule has 0 aliphatic carbocycles. The Morgan fingerprint density at radius 3 is 3.08 bits per heavy atom. The van der Waals surface area contributed by atoms with Gasteiger partial charge in [-0.1, -0.05) is 0 Å². The van der Waals surface area contributed by atoms with Crippen LogP contribution in [0.15, 0.2) is 0 Å². The van der Waals surface area contributed by atoms with E-state index in [1.165, 1.54) is 0 Å². The highest BCUT2D eigenvalue weighted by Crippen LogP contribution is 2.00. The number of hydrogen-bond donors (Lipinski definition) is 2. The molecule has 4 nitrogen and oxygen atoms in total. The van der Waals surface area contributed by atoms with Crippen LogP contribution in [0.25, 0.3) is 0 Å². The SMILES string of the molecule is O=C1CN(C(=O)CCS)CCCN1. The maximum Gasteiger partial charge on any atom is 0.239 e. The maximum atomic E-state index is 11.4. The standard InChI is InChI=1S/C8H14N2O2S/c11-7-6-10(4-1-3-9-7)8(12)2-5-13/h13H,1-6H2,(H,9,11). The van der Waals surface area contributed by atoms with Crippen LogP contribution in [0.1, 0.15) is 12.8 Å². The molecule has 5 heteroatoms. The molecule has 1 heterocycles. The summed E-state index contributed by atoms with van der Waals surface area (Å²) in [4.78, 5) is 24.1. The van der Waals surface area contributed by atoms with Crippen molar-refractivity contribution in [1.82, 2.24) is 10.2 Å². The zero-order chi connectivity index (χ0) is 9.68. The van der Waals surface area contributed by atoms with Crippen molar-refractivity contribution in [1.29, 1.82) is 0 Å². The quantitative estimate of drug-likeness (QED) is 0.602. The number of rotatable bonds is 2. The fraction of sp³-hybridized carbons (Fsp3) is 0.750. The highest BCUT2D eigenvalue weighted by atomic mass is 32.1. The number of hydrogen-bond acceptors (Lipinski definition) is 3. The molecule has 0 atom stereocenters. The first-order valence-electron chi connectivity index (χ1n) is 4.39. The topological polar surface area (TPSA) is 49.4 Å². The predicted octanol–water partition coefficient (Wildman–Crippen LogP) is -0.345. The van der Waals surface area contributed by atoms with Gasteiger partial charge in [-0.2, -0.15) is 12.6 Å². The Kier molecular flexibility index (Phi) is 4.08. The smallest absolute Gasteiger partial charge is 0.239 e. The average Bonchev–Trinajstić information content (AvgIpc) is 2.30. The van der Waals surface area contributed by atoms with Crippen molar-refractivity contribution >= 4 is 24.4 Å². The van der Waals surface area contributed by atoms with E-state index in [9.17, 15) is 9.59 Å². The molecule has 2 amide bonds. The summed E-state index contributed by atoms with van der Waals surface area (Å²) in [5.74, 6) is 0.494. The third-order valence-electron chi connectivity index (χ3n) is 1.94. The highest BCUT2D eigenvalue weighted by molar-refractivity contribution is 7.80. The first kappa shape index (κ1) is 10.4. The highest BCUT2D eigenvalue weighted by Gasteiger charge is 2.18. The molecule has 0 aromatic heterocycles. The fourth-order valence-corrected chi connectivity index (χ4v) is 1.46. The van der Waals surface area contributed by atoms with Gasteiger partial charge < -0.3 is 10.2 Å². The zero-order valence-electron chi connectivity index (χ0n) is 7.45. The van der Waals surface area contributed by atoms with Crippen LogP contribution in [-0.4, -0.2) is 42.1 Å². The second-order valence-corrected chi connectivity index (χ2v) is 3.44. The third kappa shape index (κ3) is 3.26. The van der Waals surface area contributed by atoms with Crippen molar-refractivity contribution in [3.8, 4) is 0 Å². The predicted molar refractivity (Wildman–Crippen MR) is 52.7 cm³/mol. The molecule has 0 aromatic rings. The lowest BCUT2D eigenvalue weighted by atomic mass is 10.3. The molecule has 0 bridgehead atoms. The van der Waals surface area contributed by atoms with Crippen LogP contribution in [0.4, 0.5) is 0 Å². The maximum absolute atomic E-state index is 11.4. The Bertz CT molecular complexity index is 208. The largest absolute Gasteiger partial charge is 0.354 e. The van der Waals surface area contributed by atoms with Gasteiger partial charge in [0, 0.05) is 19.5 Å². The van der Waals surface area contributed by atoms with Gasteiger partial charge in [-0.05, 0) is 12.2 Å². The summed E-state index contributed by atoms with van der Waals surface area (Å²) in [6, 6.07) is 0. The molecule has 0 saturated carbocycles. The van der Waals surface area contributed by atoms with E-state index in [4.69, 9.17) is 0 Å². The van der Waals surface area contributed by atoms with Gasteiger partial charge >= 0.3 is 0 Å². The molecule has 0 aromatic carbocycles. The molecular formula is C8H14N2O2S. The molecule has 1 fully saturated rings. The van der Waals surface area contributed by atoms with Crippen LogP contribution in [-0.2, 0) is 9.59 Å². The average molecular weight is 202 g/mol. The normalized spacial score (nSPS) is 17.9. The molecule has 1 aliphatic rings. The number of nitrogens with one attached hydrogen (secondary N) is 1. The molecule has 1 rings (SSSR count). The van der Waals surface area contributed by atoms with Gasteiger partial charge in [0.1, 0.15) is 0 Å². The van der Waals surface area contributed by atoms with Crippen molar-refractivity contribution in [2.24, 2.45) is 0 Å².